The minimum Gasteiger partial charge on any atom is -0.345 e. The van der Waals surface area contributed by atoms with Crippen LogP contribution < -0.4 is 5.32 Å². The number of aryl methyl sites for hydroxylation is 1. The Morgan fingerprint density at radius 3 is 1.79 bits per heavy atom. The molecule has 3 nitrogen and oxygen atoms in total. The summed E-state index contributed by atoms with van der Waals surface area (Å²) in [6, 6.07) is 0. The van der Waals surface area contributed by atoms with Crippen molar-refractivity contribution in [2.24, 2.45) is 5.92 Å². The van der Waals surface area contributed by atoms with E-state index in [2.05, 4.69) is 41.6 Å². The topological polar surface area (TPSA) is 37.8 Å². The summed E-state index contributed by atoms with van der Waals surface area (Å²) in [5.74, 6) is 1.25. The SMILES string of the molecule is CCCCCCCCCCCCC(CC)C(=S)Nc1c(SC)nc(C)nc1SC. The van der Waals surface area contributed by atoms with Gasteiger partial charge in [0.2, 0.25) is 0 Å². The molecule has 1 heterocycles. The van der Waals surface area contributed by atoms with Crippen molar-refractivity contribution in [3.05, 3.63) is 5.82 Å². The second kappa shape index (κ2) is 16.4. The summed E-state index contributed by atoms with van der Waals surface area (Å²) in [5.41, 5.74) is 0.988. The summed E-state index contributed by atoms with van der Waals surface area (Å²) in [5, 5.41) is 5.48. The van der Waals surface area contributed by atoms with E-state index in [9.17, 15) is 0 Å². The van der Waals surface area contributed by atoms with Crippen LogP contribution in [-0.4, -0.2) is 27.5 Å². The molecule has 0 spiro atoms. The molecule has 1 aromatic heterocycles. The van der Waals surface area contributed by atoms with Crippen LogP contribution in [0.15, 0.2) is 10.1 Å². The molecule has 0 aliphatic carbocycles. The maximum absolute atomic E-state index is 5.79. The van der Waals surface area contributed by atoms with Crippen molar-refractivity contribution in [3.8, 4) is 0 Å². The van der Waals surface area contributed by atoms with E-state index in [-0.39, 0.29) is 0 Å². The second-order valence-electron chi connectivity index (χ2n) is 7.73. The van der Waals surface area contributed by atoms with Gasteiger partial charge >= 0.3 is 0 Å². The Labute approximate surface area is 193 Å². The predicted octanol–water partition coefficient (Wildman–Crippen LogP) is 8.31. The largest absolute Gasteiger partial charge is 0.345 e. The Morgan fingerprint density at radius 1 is 0.862 bits per heavy atom. The first-order valence-electron chi connectivity index (χ1n) is 11.3. The molecule has 0 fully saturated rings. The lowest BCUT2D eigenvalue weighted by Gasteiger charge is -2.20. The molecule has 6 heteroatoms. The molecule has 1 atom stereocenters. The molecule has 0 aromatic carbocycles. The first kappa shape index (κ1) is 26.7. The van der Waals surface area contributed by atoms with E-state index >= 15 is 0 Å². The Balaban J connectivity index is 2.40. The van der Waals surface area contributed by atoms with Crippen molar-refractivity contribution >= 4 is 46.4 Å². The van der Waals surface area contributed by atoms with Gasteiger partial charge in [-0.25, -0.2) is 9.97 Å². The van der Waals surface area contributed by atoms with Gasteiger partial charge in [-0.3, -0.25) is 0 Å². The normalized spacial score (nSPS) is 12.2. The van der Waals surface area contributed by atoms with Gasteiger partial charge in [-0.2, -0.15) is 0 Å². The number of unbranched alkanes of at least 4 members (excludes halogenated alkanes) is 9. The van der Waals surface area contributed by atoms with Gasteiger partial charge in [0, 0.05) is 5.92 Å². The summed E-state index contributed by atoms with van der Waals surface area (Å²) in [7, 11) is 0. The van der Waals surface area contributed by atoms with Crippen molar-refractivity contribution in [1.82, 2.24) is 9.97 Å². The number of anilines is 1. The lowest BCUT2D eigenvalue weighted by molar-refractivity contribution is 0.518. The fourth-order valence-electron chi connectivity index (χ4n) is 3.55. The highest BCUT2D eigenvalue weighted by atomic mass is 32.2. The van der Waals surface area contributed by atoms with Gasteiger partial charge in [-0.05, 0) is 32.3 Å². The zero-order valence-corrected chi connectivity index (χ0v) is 21.6. The maximum atomic E-state index is 5.79. The number of hydrogen-bond acceptors (Lipinski definition) is 5. The highest BCUT2D eigenvalue weighted by molar-refractivity contribution is 7.99. The molecular weight excluding hydrogens is 414 g/mol. The molecule has 0 saturated carbocycles. The molecule has 0 aliphatic heterocycles. The first-order valence-corrected chi connectivity index (χ1v) is 14.2. The van der Waals surface area contributed by atoms with Crippen LogP contribution >= 0.6 is 35.7 Å². The minimum absolute atomic E-state index is 0.435. The molecule has 0 bridgehead atoms. The van der Waals surface area contributed by atoms with Crippen molar-refractivity contribution in [1.29, 1.82) is 0 Å². The van der Waals surface area contributed by atoms with E-state index in [4.69, 9.17) is 12.2 Å². The van der Waals surface area contributed by atoms with Crippen molar-refractivity contribution in [3.63, 3.8) is 0 Å². The Bertz CT molecular complexity index is 568. The summed E-state index contributed by atoms with van der Waals surface area (Å²) < 4.78 is 0. The maximum Gasteiger partial charge on any atom is 0.128 e. The summed E-state index contributed by atoms with van der Waals surface area (Å²) in [6.45, 7) is 6.47. The quantitative estimate of drug-likeness (QED) is 0.117. The summed E-state index contributed by atoms with van der Waals surface area (Å²) in [4.78, 5) is 10.1. The van der Waals surface area contributed by atoms with E-state index in [0.717, 1.165) is 33.0 Å². The van der Waals surface area contributed by atoms with Gasteiger partial charge in [-0.15, -0.1) is 23.5 Å². The fourth-order valence-corrected chi connectivity index (χ4v) is 5.15. The number of hydrogen-bond donors (Lipinski definition) is 1. The number of nitrogens with one attached hydrogen (secondary N) is 1. The van der Waals surface area contributed by atoms with Gasteiger partial charge in [0.15, 0.2) is 0 Å². The Hall–Kier alpha value is -0.330. The number of rotatable bonds is 16. The van der Waals surface area contributed by atoms with Gasteiger partial charge in [0.05, 0.1) is 4.99 Å². The van der Waals surface area contributed by atoms with E-state index in [1.54, 1.807) is 23.5 Å². The molecule has 1 aromatic rings. The van der Waals surface area contributed by atoms with Crippen LogP contribution in [0.25, 0.3) is 0 Å². The zero-order chi connectivity index (χ0) is 21.5. The third kappa shape index (κ3) is 10.5. The molecule has 1 rings (SSSR count). The van der Waals surface area contributed by atoms with Crippen LogP contribution in [0, 0.1) is 12.8 Å². The molecule has 1 unspecified atom stereocenters. The van der Waals surface area contributed by atoms with Crippen molar-refractivity contribution in [2.75, 3.05) is 17.8 Å². The van der Waals surface area contributed by atoms with Crippen LogP contribution in [0.5, 0.6) is 0 Å². The van der Waals surface area contributed by atoms with Crippen molar-refractivity contribution in [2.45, 2.75) is 108 Å². The average molecular weight is 456 g/mol. The van der Waals surface area contributed by atoms with E-state index < -0.39 is 0 Å². The molecule has 0 saturated heterocycles. The number of thioether (sulfide) groups is 2. The van der Waals surface area contributed by atoms with Crippen LogP contribution in [0.4, 0.5) is 5.69 Å². The molecule has 166 valence electrons. The van der Waals surface area contributed by atoms with Crippen LogP contribution in [0.2, 0.25) is 0 Å². The molecule has 0 aliphatic rings. The Kier molecular flexibility index (Phi) is 15.1. The van der Waals surface area contributed by atoms with Gasteiger partial charge in [0.1, 0.15) is 21.6 Å². The smallest absolute Gasteiger partial charge is 0.128 e. The molecule has 29 heavy (non-hydrogen) atoms. The third-order valence-corrected chi connectivity index (χ3v) is 7.16. The molecule has 0 amide bonds. The fraction of sp³-hybridized carbons (Fsp3) is 0.783. The monoisotopic (exact) mass is 455 g/mol. The summed E-state index contributed by atoms with van der Waals surface area (Å²) in [6.07, 6.45) is 20.1. The number of aromatic nitrogens is 2. The van der Waals surface area contributed by atoms with E-state index in [0.29, 0.717) is 5.92 Å². The van der Waals surface area contributed by atoms with Gasteiger partial charge in [0.25, 0.3) is 0 Å². The van der Waals surface area contributed by atoms with Crippen molar-refractivity contribution < 1.29 is 0 Å². The molecule has 0 radical (unpaired) electrons. The second-order valence-corrected chi connectivity index (χ2v) is 9.76. The standard InChI is InChI=1S/C23H41N3S3/c1-6-8-9-10-11-12-13-14-15-16-17-19(7-2)21(27)26-20-22(28-4)24-18(3)25-23(20)29-5/h19H,6-17H2,1-5H3,(H,26,27). The van der Waals surface area contributed by atoms with E-state index in [1.165, 1.54) is 70.6 Å². The summed E-state index contributed by atoms with van der Waals surface area (Å²) >= 11 is 9.09. The highest BCUT2D eigenvalue weighted by Gasteiger charge is 2.18. The number of thiocarbonyl (C=S) groups is 1. The lowest BCUT2D eigenvalue weighted by atomic mass is 9.97. The van der Waals surface area contributed by atoms with Crippen LogP contribution in [0.1, 0.15) is 96.7 Å². The highest BCUT2D eigenvalue weighted by Crippen LogP contribution is 2.32. The third-order valence-electron chi connectivity index (χ3n) is 5.36. The number of nitrogens with zero attached hydrogens (tertiary/aromatic N) is 2. The predicted molar refractivity (Wildman–Crippen MR) is 137 cm³/mol. The molecule has 1 N–H and O–H groups in total. The first-order chi connectivity index (χ1) is 14.1. The zero-order valence-electron chi connectivity index (χ0n) is 19.2. The van der Waals surface area contributed by atoms with Crippen LogP contribution in [-0.2, 0) is 0 Å². The van der Waals surface area contributed by atoms with Crippen LogP contribution in [0.3, 0.4) is 0 Å². The molecular formula is C23H41N3S3. The van der Waals surface area contributed by atoms with Gasteiger partial charge in [-0.1, -0.05) is 90.3 Å². The Morgan fingerprint density at radius 2 is 1.34 bits per heavy atom. The average Bonchev–Trinajstić information content (AvgIpc) is 2.72. The van der Waals surface area contributed by atoms with E-state index in [1.807, 2.05) is 6.92 Å². The van der Waals surface area contributed by atoms with Gasteiger partial charge < -0.3 is 5.32 Å². The minimum atomic E-state index is 0.435. The lowest BCUT2D eigenvalue weighted by Crippen LogP contribution is -2.21.